The molecule has 0 saturated carbocycles. The number of nitrogens with zero attached hydrogens (tertiary/aromatic N) is 1. The molecule has 2 aliphatic rings. The highest BCUT2D eigenvalue weighted by molar-refractivity contribution is 7.89. The number of carbonyl (C=O) groups excluding carboxylic acids is 1. The molecular weight excluding hydrogens is 350 g/mol. The lowest BCUT2D eigenvalue weighted by atomic mass is 9.89. The molecule has 0 aromatic heterocycles. The maximum Gasteiger partial charge on any atom is 0.341 e. The molecule has 2 saturated heterocycles. The first kappa shape index (κ1) is 17.7. The van der Waals surface area contributed by atoms with Crippen molar-refractivity contribution in [3.8, 4) is 5.75 Å². The number of sulfonamides is 1. The van der Waals surface area contributed by atoms with Crippen LogP contribution in [0.4, 0.5) is 0 Å². The molecule has 2 aliphatic heterocycles. The molecule has 2 fully saturated rings. The van der Waals surface area contributed by atoms with E-state index in [0.29, 0.717) is 19.3 Å². The number of methoxy groups -OCH3 is 2. The predicted octanol–water partition coefficient (Wildman–Crippen LogP) is 1.11. The minimum atomic E-state index is -3.92. The summed E-state index contributed by atoms with van der Waals surface area (Å²) in [4.78, 5) is 23.2. The van der Waals surface area contributed by atoms with Crippen LogP contribution in [0.15, 0.2) is 23.1 Å². The summed E-state index contributed by atoms with van der Waals surface area (Å²) in [7, 11) is -1.36. The summed E-state index contributed by atoms with van der Waals surface area (Å²) in [5, 5.41) is 9.31. The van der Waals surface area contributed by atoms with Gasteiger partial charge in [0.15, 0.2) is 0 Å². The van der Waals surface area contributed by atoms with E-state index in [0.717, 1.165) is 0 Å². The Morgan fingerprint density at radius 1 is 1.24 bits per heavy atom. The van der Waals surface area contributed by atoms with Crippen LogP contribution in [-0.2, 0) is 19.6 Å². The fourth-order valence-electron chi connectivity index (χ4n) is 3.82. The Labute approximate surface area is 145 Å². The van der Waals surface area contributed by atoms with Crippen molar-refractivity contribution in [3.05, 3.63) is 23.8 Å². The van der Waals surface area contributed by atoms with Gasteiger partial charge in [0.1, 0.15) is 11.3 Å². The van der Waals surface area contributed by atoms with Crippen molar-refractivity contribution in [2.24, 2.45) is 5.92 Å². The van der Waals surface area contributed by atoms with Gasteiger partial charge in [0.25, 0.3) is 0 Å². The molecule has 3 unspecified atom stereocenters. The van der Waals surface area contributed by atoms with Crippen LogP contribution in [0.2, 0.25) is 0 Å². The lowest BCUT2D eigenvalue weighted by Gasteiger charge is -2.23. The number of hydrogen-bond donors (Lipinski definition) is 1. The van der Waals surface area contributed by atoms with Gasteiger partial charge in [-0.05, 0) is 37.5 Å². The number of rotatable bonds is 5. The van der Waals surface area contributed by atoms with E-state index in [-0.39, 0.29) is 22.3 Å². The number of fused-ring (bicyclic) bond motifs is 2. The van der Waals surface area contributed by atoms with Crippen molar-refractivity contribution in [3.63, 3.8) is 0 Å². The fraction of sp³-hybridized carbons (Fsp3) is 0.500. The van der Waals surface area contributed by atoms with Gasteiger partial charge in [0.2, 0.25) is 10.0 Å². The van der Waals surface area contributed by atoms with E-state index in [2.05, 4.69) is 4.74 Å². The molecule has 3 atom stereocenters. The maximum atomic E-state index is 13.1. The van der Waals surface area contributed by atoms with Gasteiger partial charge in [0, 0.05) is 12.1 Å². The highest BCUT2D eigenvalue weighted by Gasteiger charge is 2.54. The molecule has 8 nitrogen and oxygen atoms in total. The first-order chi connectivity index (χ1) is 11.8. The van der Waals surface area contributed by atoms with E-state index >= 15 is 0 Å². The SMILES string of the molecule is COC(=O)c1cc(S(=O)(=O)N2C3CCC2C(C(=O)O)C3)ccc1OC. The number of ether oxygens (including phenoxy) is 2. The summed E-state index contributed by atoms with van der Waals surface area (Å²) in [6, 6.07) is 3.10. The molecule has 0 aliphatic carbocycles. The van der Waals surface area contributed by atoms with E-state index in [1.54, 1.807) is 0 Å². The second-order valence-electron chi connectivity index (χ2n) is 6.17. The molecule has 25 heavy (non-hydrogen) atoms. The summed E-state index contributed by atoms with van der Waals surface area (Å²) >= 11 is 0. The third kappa shape index (κ3) is 2.77. The summed E-state index contributed by atoms with van der Waals surface area (Å²) in [5.41, 5.74) is 0.00686. The third-order valence-electron chi connectivity index (χ3n) is 4.94. The van der Waals surface area contributed by atoms with Gasteiger partial charge in [-0.15, -0.1) is 0 Å². The first-order valence-electron chi connectivity index (χ1n) is 7.84. The van der Waals surface area contributed by atoms with Crippen molar-refractivity contribution in [1.82, 2.24) is 4.31 Å². The van der Waals surface area contributed by atoms with E-state index in [1.165, 1.54) is 36.7 Å². The van der Waals surface area contributed by atoms with Gasteiger partial charge in [0.05, 0.1) is 25.0 Å². The summed E-state index contributed by atoms with van der Waals surface area (Å²) in [6.45, 7) is 0. The topological polar surface area (TPSA) is 110 Å². The van der Waals surface area contributed by atoms with E-state index in [4.69, 9.17) is 4.74 Å². The van der Waals surface area contributed by atoms with Crippen molar-refractivity contribution in [2.45, 2.75) is 36.2 Å². The number of aliphatic carboxylic acids is 1. The van der Waals surface area contributed by atoms with Crippen LogP contribution in [0.1, 0.15) is 29.6 Å². The highest BCUT2D eigenvalue weighted by Crippen LogP contribution is 2.45. The second kappa shape index (κ2) is 6.30. The monoisotopic (exact) mass is 369 g/mol. The highest BCUT2D eigenvalue weighted by atomic mass is 32.2. The Morgan fingerprint density at radius 3 is 2.52 bits per heavy atom. The van der Waals surface area contributed by atoms with Crippen LogP contribution in [-0.4, -0.2) is 56.1 Å². The van der Waals surface area contributed by atoms with Crippen molar-refractivity contribution in [1.29, 1.82) is 0 Å². The van der Waals surface area contributed by atoms with Gasteiger partial charge >= 0.3 is 11.9 Å². The van der Waals surface area contributed by atoms with Crippen LogP contribution in [0.25, 0.3) is 0 Å². The Morgan fingerprint density at radius 2 is 1.96 bits per heavy atom. The van der Waals surface area contributed by atoms with E-state index < -0.39 is 33.9 Å². The zero-order valence-electron chi connectivity index (χ0n) is 13.8. The Bertz CT molecular complexity index is 820. The van der Waals surface area contributed by atoms with Gasteiger partial charge in [-0.3, -0.25) is 4.79 Å². The van der Waals surface area contributed by atoms with E-state index in [9.17, 15) is 23.1 Å². The summed E-state index contributed by atoms with van der Waals surface area (Å²) in [5.74, 6) is -2.16. The van der Waals surface area contributed by atoms with Gasteiger partial charge in [-0.2, -0.15) is 4.31 Å². The molecule has 2 heterocycles. The average Bonchev–Trinajstić information content (AvgIpc) is 3.19. The fourth-order valence-corrected chi connectivity index (χ4v) is 5.76. The zero-order chi connectivity index (χ0) is 18.4. The summed E-state index contributed by atoms with van der Waals surface area (Å²) < 4.78 is 37.2. The maximum absolute atomic E-state index is 13.1. The van der Waals surface area contributed by atoms with Crippen molar-refractivity contribution >= 4 is 22.0 Å². The average molecular weight is 369 g/mol. The van der Waals surface area contributed by atoms with Gasteiger partial charge in [-0.25, -0.2) is 13.2 Å². The normalized spacial score (nSPS) is 25.8. The van der Waals surface area contributed by atoms with Gasteiger partial charge < -0.3 is 14.6 Å². The minimum Gasteiger partial charge on any atom is -0.496 e. The number of esters is 1. The van der Waals surface area contributed by atoms with Crippen LogP contribution >= 0.6 is 0 Å². The number of hydrogen-bond acceptors (Lipinski definition) is 6. The molecule has 0 amide bonds. The standard InChI is InChI=1S/C16H19NO7S/c1-23-14-6-4-10(8-12(14)16(20)24-2)25(21,22)17-9-3-5-13(17)11(7-9)15(18)19/h4,6,8-9,11,13H,3,5,7H2,1-2H3,(H,18,19). The molecular formula is C16H19NO7S. The molecule has 0 spiro atoms. The number of carbonyl (C=O) groups is 2. The number of benzene rings is 1. The Balaban J connectivity index is 2.01. The van der Waals surface area contributed by atoms with Gasteiger partial charge in [-0.1, -0.05) is 0 Å². The molecule has 0 radical (unpaired) electrons. The predicted molar refractivity (Wildman–Crippen MR) is 85.9 cm³/mol. The number of carboxylic acid groups (broad SMARTS) is 1. The van der Waals surface area contributed by atoms with Crippen LogP contribution in [0.5, 0.6) is 5.75 Å². The smallest absolute Gasteiger partial charge is 0.341 e. The van der Waals surface area contributed by atoms with Crippen molar-refractivity contribution < 1.29 is 32.6 Å². The minimum absolute atomic E-state index is 0.00686. The molecule has 2 bridgehead atoms. The molecule has 1 aromatic carbocycles. The van der Waals surface area contributed by atoms with Crippen LogP contribution in [0, 0.1) is 5.92 Å². The third-order valence-corrected chi connectivity index (χ3v) is 6.92. The summed E-state index contributed by atoms with van der Waals surface area (Å²) in [6.07, 6.45) is 1.49. The second-order valence-corrected chi connectivity index (χ2v) is 8.01. The zero-order valence-corrected chi connectivity index (χ0v) is 14.7. The lowest BCUT2D eigenvalue weighted by Crippen LogP contribution is -2.37. The molecule has 9 heteroatoms. The Hall–Kier alpha value is -2.13. The molecule has 136 valence electrons. The molecule has 1 N–H and O–H groups in total. The molecule has 3 rings (SSSR count). The quantitative estimate of drug-likeness (QED) is 0.774. The van der Waals surface area contributed by atoms with Crippen LogP contribution in [0.3, 0.4) is 0 Å². The Kier molecular flexibility index (Phi) is 4.46. The molecule has 1 aromatic rings. The van der Waals surface area contributed by atoms with E-state index in [1.807, 2.05) is 0 Å². The van der Waals surface area contributed by atoms with Crippen molar-refractivity contribution in [2.75, 3.05) is 14.2 Å². The first-order valence-corrected chi connectivity index (χ1v) is 9.28. The van der Waals surface area contributed by atoms with Crippen LogP contribution < -0.4 is 4.74 Å². The largest absolute Gasteiger partial charge is 0.496 e. The number of carboxylic acids is 1. The lowest BCUT2D eigenvalue weighted by molar-refractivity contribution is -0.142.